The molecule has 1 saturated heterocycles. The second kappa shape index (κ2) is 12.3. The summed E-state index contributed by atoms with van der Waals surface area (Å²) < 4.78 is 11.4. The number of carbonyl (C=O) groups excluding carboxylic acids is 1. The summed E-state index contributed by atoms with van der Waals surface area (Å²) >= 11 is 12.0. The van der Waals surface area contributed by atoms with Crippen molar-refractivity contribution in [3.05, 3.63) is 57.6 Å². The van der Waals surface area contributed by atoms with Crippen LogP contribution in [-0.2, 0) is 17.9 Å². The Morgan fingerprint density at radius 2 is 1.87 bits per heavy atom. The normalized spacial score (nSPS) is 13.3. The Balaban J connectivity index is 0.00000320. The molecule has 0 bridgehead atoms. The molecule has 0 unspecified atom stereocenters. The maximum atomic E-state index is 11.6. The maximum absolute atomic E-state index is 11.6. The summed E-state index contributed by atoms with van der Waals surface area (Å²) in [5.41, 5.74) is 2.05. The Kier molecular flexibility index (Phi) is 10.1. The number of ether oxygens (including phenoxy) is 2. The van der Waals surface area contributed by atoms with Gasteiger partial charge in [-0.3, -0.25) is 4.79 Å². The smallest absolute Gasteiger partial charge is 0.222 e. The lowest BCUT2D eigenvalue weighted by atomic mass is 10.2. The van der Waals surface area contributed by atoms with Crippen LogP contribution in [0, 0.1) is 0 Å². The molecule has 1 amide bonds. The van der Waals surface area contributed by atoms with Gasteiger partial charge in [0.1, 0.15) is 6.61 Å². The minimum Gasteiger partial charge on any atom is -0.493 e. The van der Waals surface area contributed by atoms with Gasteiger partial charge in [-0.1, -0.05) is 35.3 Å². The molecule has 1 aliphatic heterocycles. The zero-order valence-electron chi connectivity index (χ0n) is 17.0. The predicted octanol–water partition coefficient (Wildman–Crippen LogP) is 5.10. The Labute approximate surface area is 194 Å². The summed E-state index contributed by atoms with van der Waals surface area (Å²) in [6.45, 7) is 3.70. The molecule has 0 aliphatic carbocycles. The SMILES string of the molecule is COc1cc(CNCCCN2CCCC2=O)ccc1OCc1ccc(Cl)c(Cl)c1.Cl. The van der Waals surface area contributed by atoms with Gasteiger partial charge >= 0.3 is 0 Å². The molecule has 0 saturated carbocycles. The van der Waals surface area contributed by atoms with Crippen molar-refractivity contribution in [3.63, 3.8) is 0 Å². The van der Waals surface area contributed by atoms with Gasteiger partial charge in [-0.05, 0) is 54.8 Å². The van der Waals surface area contributed by atoms with Crippen LogP contribution in [0.25, 0.3) is 0 Å². The number of amides is 1. The first kappa shape index (κ1) is 24.6. The van der Waals surface area contributed by atoms with Crippen molar-refractivity contribution >= 4 is 41.5 Å². The van der Waals surface area contributed by atoms with Crippen LogP contribution >= 0.6 is 35.6 Å². The Bertz CT molecular complexity index is 848. The quantitative estimate of drug-likeness (QED) is 0.488. The van der Waals surface area contributed by atoms with Crippen molar-refractivity contribution in [2.24, 2.45) is 0 Å². The number of hydrogen-bond donors (Lipinski definition) is 1. The molecule has 0 atom stereocenters. The molecule has 2 aromatic carbocycles. The van der Waals surface area contributed by atoms with Gasteiger partial charge in [0.05, 0.1) is 17.2 Å². The maximum Gasteiger partial charge on any atom is 0.222 e. The standard InChI is InChI=1S/C22H26Cl2N2O3.ClH/c1-28-21-13-16(14-25-9-3-11-26-10-2-4-22(26)27)6-8-20(21)29-15-17-5-7-18(23)19(24)12-17;/h5-8,12-13,25H,2-4,9-11,14-15H2,1H3;1H. The number of rotatable bonds is 10. The molecule has 30 heavy (non-hydrogen) atoms. The minimum absolute atomic E-state index is 0. The summed E-state index contributed by atoms with van der Waals surface area (Å²) in [4.78, 5) is 13.6. The molecule has 0 spiro atoms. The van der Waals surface area contributed by atoms with Gasteiger partial charge in [0, 0.05) is 26.1 Å². The van der Waals surface area contributed by atoms with Gasteiger partial charge in [-0.25, -0.2) is 0 Å². The zero-order chi connectivity index (χ0) is 20.6. The van der Waals surface area contributed by atoms with E-state index in [1.807, 2.05) is 29.2 Å². The van der Waals surface area contributed by atoms with E-state index in [-0.39, 0.29) is 18.3 Å². The van der Waals surface area contributed by atoms with Crippen molar-refractivity contribution in [2.75, 3.05) is 26.7 Å². The van der Waals surface area contributed by atoms with Crippen LogP contribution in [0.4, 0.5) is 0 Å². The van der Waals surface area contributed by atoms with Gasteiger partial charge in [0.2, 0.25) is 5.91 Å². The molecule has 1 heterocycles. The molecule has 1 aliphatic rings. The fourth-order valence-corrected chi connectivity index (χ4v) is 3.62. The Morgan fingerprint density at radius 3 is 2.57 bits per heavy atom. The average Bonchev–Trinajstić information content (AvgIpc) is 3.13. The molecule has 0 radical (unpaired) electrons. The molecule has 1 fully saturated rings. The molecule has 2 aromatic rings. The molecule has 1 N–H and O–H groups in total. The van der Waals surface area contributed by atoms with E-state index in [9.17, 15) is 4.79 Å². The average molecular weight is 474 g/mol. The highest BCUT2D eigenvalue weighted by atomic mass is 35.5. The molecule has 8 heteroatoms. The lowest BCUT2D eigenvalue weighted by Gasteiger charge is -2.15. The third kappa shape index (κ3) is 6.95. The van der Waals surface area contributed by atoms with E-state index >= 15 is 0 Å². The lowest BCUT2D eigenvalue weighted by Crippen LogP contribution is -2.28. The zero-order valence-corrected chi connectivity index (χ0v) is 19.3. The van der Waals surface area contributed by atoms with Crippen molar-refractivity contribution < 1.29 is 14.3 Å². The fourth-order valence-electron chi connectivity index (χ4n) is 3.30. The van der Waals surface area contributed by atoms with Crippen molar-refractivity contribution in [3.8, 4) is 11.5 Å². The number of nitrogens with zero attached hydrogens (tertiary/aromatic N) is 1. The topological polar surface area (TPSA) is 50.8 Å². The van der Waals surface area contributed by atoms with E-state index in [2.05, 4.69) is 5.32 Å². The second-order valence-corrected chi connectivity index (χ2v) is 7.85. The van der Waals surface area contributed by atoms with Crippen molar-refractivity contribution in [2.45, 2.75) is 32.4 Å². The van der Waals surface area contributed by atoms with E-state index in [1.54, 1.807) is 19.2 Å². The summed E-state index contributed by atoms with van der Waals surface area (Å²) in [5, 5.41) is 4.45. The molecule has 164 valence electrons. The molecule has 3 rings (SSSR count). The van der Waals surface area contributed by atoms with Crippen LogP contribution in [0.3, 0.4) is 0 Å². The van der Waals surface area contributed by atoms with Gasteiger partial charge in [-0.15, -0.1) is 12.4 Å². The van der Waals surface area contributed by atoms with Gasteiger partial charge in [-0.2, -0.15) is 0 Å². The number of likely N-dealkylation sites (tertiary alicyclic amines) is 1. The minimum atomic E-state index is 0. The number of nitrogens with one attached hydrogen (secondary N) is 1. The number of methoxy groups -OCH3 is 1. The van der Waals surface area contributed by atoms with E-state index in [0.29, 0.717) is 34.6 Å². The molecule has 0 aromatic heterocycles. The highest BCUT2D eigenvalue weighted by Crippen LogP contribution is 2.29. The molecular weight excluding hydrogens is 447 g/mol. The Morgan fingerprint density at radius 1 is 1.07 bits per heavy atom. The first-order valence-electron chi connectivity index (χ1n) is 9.79. The van der Waals surface area contributed by atoms with Crippen LogP contribution in [0.15, 0.2) is 36.4 Å². The van der Waals surface area contributed by atoms with Crippen LogP contribution in [0.2, 0.25) is 10.0 Å². The molecule has 5 nitrogen and oxygen atoms in total. The van der Waals surface area contributed by atoms with Crippen LogP contribution < -0.4 is 14.8 Å². The third-order valence-corrected chi connectivity index (χ3v) is 5.63. The highest BCUT2D eigenvalue weighted by molar-refractivity contribution is 6.42. The van der Waals surface area contributed by atoms with Gasteiger partial charge in [0.25, 0.3) is 0 Å². The van der Waals surface area contributed by atoms with Crippen molar-refractivity contribution in [1.29, 1.82) is 0 Å². The number of benzene rings is 2. The van der Waals surface area contributed by atoms with E-state index < -0.39 is 0 Å². The lowest BCUT2D eigenvalue weighted by molar-refractivity contribution is -0.127. The first-order chi connectivity index (χ1) is 14.1. The largest absolute Gasteiger partial charge is 0.493 e. The van der Waals surface area contributed by atoms with Gasteiger partial charge < -0.3 is 19.7 Å². The summed E-state index contributed by atoms with van der Waals surface area (Å²) in [5.74, 6) is 1.65. The first-order valence-corrected chi connectivity index (χ1v) is 10.5. The second-order valence-electron chi connectivity index (χ2n) is 7.04. The predicted molar refractivity (Wildman–Crippen MR) is 123 cm³/mol. The summed E-state index contributed by atoms with van der Waals surface area (Å²) in [6.07, 6.45) is 2.64. The third-order valence-electron chi connectivity index (χ3n) is 4.89. The summed E-state index contributed by atoms with van der Waals surface area (Å²) in [7, 11) is 1.63. The van der Waals surface area contributed by atoms with Crippen LogP contribution in [-0.4, -0.2) is 37.6 Å². The number of halogens is 3. The Hall–Kier alpha value is -1.66. The van der Waals surface area contributed by atoms with Crippen LogP contribution in [0.5, 0.6) is 11.5 Å². The van der Waals surface area contributed by atoms with Crippen LogP contribution in [0.1, 0.15) is 30.4 Å². The number of hydrogen-bond acceptors (Lipinski definition) is 4. The van der Waals surface area contributed by atoms with E-state index in [1.165, 1.54) is 0 Å². The highest BCUT2D eigenvalue weighted by Gasteiger charge is 2.18. The monoisotopic (exact) mass is 472 g/mol. The van der Waals surface area contributed by atoms with E-state index in [4.69, 9.17) is 32.7 Å². The van der Waals surface area contributed by atoms with E-state index in [0.717, 1.165) is 50.1 Å². The fraction of sp³-hybridized carbons (Fsp3) is 0.409. The van der Waals surface area contributed by atoms with Gasteiger partial charge in [0.15, 0.2) is 11.5 Å². The summed E-state index contributed by atoms with van der Waals surface area (Å²) in [6, 6.07) is 11.3. The number of carbonyl (C=O) groups is 1. The van der Waals surface area contributed by atoms with Crippen molar-refractivity contribution in [1.82, 2.24) is 10.2 Å². The molecular formula is C22H27Cl3N2O3.